The molecule has 1 aromatic rings. The van der Waals surface area contributed by atoms with Crippen molar-refractivity contribution in [2.75, 3.05) is 19.0 Å². The first kappa shape index (κ1) is 15.7. The van der Waals surface area contributed by atoms with E-state index in [0.717, 1.165) is 12.1 Å². The van der Waals surface area contributed by atoms with Crippen LogP contribution in [-0.2, 0) is 15.7 Å². The van der Waals surface area contributed by atoms with Crippen molar-refractivity contribution in [3.8, 4) is 0 Å². The minimum atomic E-state index is -4.63. The van der Waals surface area contributed by atoms with E-state index in [1.807, 2.05) is 0 Å². The van der Waals surface area contributed by atoms with Gasteiger partial charge in [-0.25, -0.2) is 0 Å². The Morgan fingerprint density at radius 3 is 2.68 bits per heavy atom. The molecule has 1 atom stereocenters. The quantitative estimate of drug-likeness (QED) is 0.896. The molecule has 0 saturated carbocycles. The number of benzene rings is 1. The van der Waals surface area contributed by atoms with Crippen molar-refractivity contribution < 1.29 is 22.7 Å². The van der Waals surface area contributed by atoms with Gasteiger partial charge in [-0.2, -0.15) is 13.2 Å². The number of methoxy groups -OCH3 is 1. The van der Waals surface area contributed by atoms with E-state index in [9.17, 15) is 18.0 Å². The summed E-state index contributed by atoms with van der Waals surface area (Å²) < 4.78 is 42.9. The topological polar surface area (TPSA) is 64.3 Å². The van der Waals surface area contributed by atoms with Crippen LogP contribution in [0.3, 0.4) is 0 Å². The van der Waals surface area contributed by atoms with Gasteiger partial charge in [0.25, 0.3) is 0 Å². The fraction of sp³-hybridized carbons (Fsp3) is 0.364. The van der Waals surface area contributed by atoms with Crippen molar-refractivity contribution in [2.24, 2.45) is 5.73 Å². The van der Waals surface area contributed by atoms with Gasteiger partial charge in [0.1, 0.15) is 6.04 Å². The number of ether oxygens (including phenoxy) is 1. The molecule has 1 rings (SSSR count). The summed E-state index contributed by atoms with van der Waals surface area (Å²) in [5.41, 5.74) is 4.00. The van der Waals surface area contributed by atoms with Crippen LogP contribution in [0.1, 0.15) is 5.56 Å². The standard InChI is InChI=1S/C11H12ClF3N2O2/c1-19-5-8(16)10(18)17-9-3-2-6(12)4-7(9)11(13,14)15/h2-4,8H,5,16H2,1H3,(H,17,18). The first-order valence-electron chi connectivity index (χ1n) is 5.18. The van der Waals surface area contributed by atoms with Crippen LogP contribution in [0, 0.1) is 0 Å². The van der Waals surface area contributed by atoms with Gasteiger partial charge in [-0.05, 0) is 18.2 Å². The predicted molar refractivity (Wildman–Crippen MR) is 64.9 cm³/mol. The highest BCUT2D eigenvalue weighted by molar-refractivity contribution is 6.30. The number of rotatable bonds is 4. The van der Waals surface area contributed by atoms with Gasteiger partial charge in [0.2, 0.25) is 5.91 Å². The predicted octanol–water partition coefficient (Wildman–Crippen LogP) is 2.27. The minimum absolute atomic E-state index is 0.0773. The Hall–Kier alpha value is -1.31. The number of hydrogen-bond acceptors (Lipinski definition) is 3. The monoisotopic (exact) mass is 296 g/mol. The van der Waals surface area contributed by atoms with E-state index in [0.29, 0.717) is 0 Å². The molecule has 8 heteroatoms. The van der Waals surface area contributed by atoms with Crippen molar-refractivity contribution in [3.63, 3.8) is 0 Å². The maximum Gasteiger partial charge on any atom is 0.418 e. The Kier molecular flexibility index (Phi) is 5.16. The van der Waals surface area contributed by atoms with Gasteiger partial charge in [-0.15, -0.1) is 0 Å². The van der Waals surface area contributed by atoms with Crippen LogP contribution in [0.2, 0.25) is 5.02 Å². The highest BCUT2D eigenvalue weighted by atomic mass is 35.5. The molecule has 0 heterocycles. The lowest BCUT2D eigenvalue weighted by atomic mass is 10.1. The molecule has 0 aliphatic rings. The van der Waals surface area contributed by atoms with Gasteiger partial charge in [0.15, 0.2) is 0 Å². The Morgan fingerprint density at radius 2 is 2.16 bits per heavy atom. The molecule has 0 aliphatic carbocycles. The number of nitrogens with two attached hydrogens (primary N) is 1. The number of alkyl halides is 3. The molecule has 1 unspecified atom stereocenters. The average molecular weight is 297 g/mol. The van der Waals surface area contributed by atoms with Crippen molar-refractivity contribution in [3.05, 3.63) is 28.8 Å². The molecule has 106 valence electrons. The maximum atomic E-state index is 12.8. The van der Waals surface area contributed by atoms with Crippen LogP contribution in [0.5, 0.6) is 0 Å². The van der Waals surface area contributed by atoms with E-state index in [1.54, 1.807) is 0 Å². The smallest absolute Gasteiger partial charge is 0.383 e. The number of carbonyl (C=O) groups excluding carboxylic acids is 1. The average Bonchev–Trinajstić information content (AvgIpc) is 2.30. The fourth-order valence-electron chi connectivity index (χ4n) is 1.34. The van der Waals surface area contributed by atoms with Crippen molar-refractivity contribution in [2.45, 2.75) is 12.2 Å². The number of anilines is 1. The van der Waals surface area contributed by atoms with Crippen molar-refractivity contribution in [1.82, 2.24) is 0 Å². The van der Waals surface area contributed by atoms with Crippen molar-refractivity contribution >= 4 is 23.2 Å². The third kappa shape index (κ3) is 4.38. The lowest BCUT2D eigenvalue weighted by molar-refractivity contribution is -0.137. The molecule has 0 aromatic heterocycles. The Bertz CT molecular complexity index is 466. The number of nitrogens with one attached hydrogen (secondary N) is 1. The summed E-state index contributed by atoms with van der Waals surface area (Å²) in [5.74, 6) is -0.769. The molecule has 0 radical (unpaired) electrons. The van der Waals surface area contributed by atoms with Crippen LogP contribution >= 0.6 is 11.6 Å². The second-order valence-corrected chi connectivity index (χ2v) is 4.18. The van der Waals surface area contributed by atoms with Crippen molar-refractivity contribution in [1.29, 1.82) is 0 Å². The molecule has 0 bridgehead atoms. The van der Waals surface area contributed by atoms with Crippen LogP contribution in [0.15, 0.2) is 18.2 Å². The Balaban J connectivity index is 2.98. The van der Waals surface area contributed by atoms with E-state index in [4.69, 9.17) is 17.3 Å². The number of amides is 1. The van der Waals surface area contributed by atoms with Gasteiger partial charge in [0, 0.05) is 12.1 Å². The zero-order valence-electron chi connectivity index (χ0n) is 9.92. The zero-order valence-corrected chi connectivity index (χ0v) is 10.7. The second kappa shape index (κ2) is 6.23. The lowest BCUT2D eigenvalue weighted by Gasteiger charge is -2.16. The van der Waals surface area contributed by atoms with Gasteiger partial charge in [0.05, 0.1) is 17.9 Å². The van der Waals surface area contributed by atoms with Gasteiger partial charge >= 0.3 is 6.18 Å². The molecule has 0 aliphatic heterocycles. The van der Waals surface area contributed by atoms with E-state index < -0.39 is 29.4 Å². The van der Waals surface area contributed by atoms with Gasteiger partial charge in [-0.1, -0.05) is 11.6 Å². The molecule has 0 saturated heterocycles. The summed E-state index contributed by atoms with van der Waals surface area (Å²) in [6.07, 6.45) is -4.63. The van der Waals surface area contributed by atoms with Crippen LogP contribution < -0.4 is 11.1 Å². The lowest BCUT2D eigenvalue weighted by Crippen LogP contribution is -2.39. The highest BCUT2D eigenvalue weighted by Gasteiger charge is 2.34. The number of carbonyl (C=O) groups is 1. The normalized spacial score (nSPS) is 13.2. The van der Waals surface area contributed by atoms with Gasteiger partial charge < -0.3 is 15.8 Å². The van der Waals surface area contributed by atoms with Crippen LogP contribution in [-0.4, -0.2) is 25.7 Å². The largest absolute Gasteiger partial charge is 0.418 e. The molecule has 19 heavy (non-hydrogen) atoms. The molecular weight excluding hydrogens is 285 g/mol. The third-order valence-corrected chi connectivity index (χ3v) is 2.46. The van der Waals surface area contributed by atoms with E-state index in [1.165, 1.54) is 13.2 Å². The highest BCUT2D eigenvalue weighted by Crippen LogP contribution is 2.36. The van der Waals surface area contributed by atoms with E-state index >= 15 is 0 Å². The Labute approximate surface area is 112 Å². The summed E-state index contributed by atoms with van der Waals surface area (Å²) in [5, 5.41) is 2.03. The molecule has 1 aromatic carbocycles. The SMILES string of the molecule is COCC(N)C(=O)Nc1ccc(Cl)cc1C(F)(F)F. The summed E-state index contributed by atoms with van der Waals surface area (Å²) in [6, 6.07) is 2.00. The van der Waals surface area contributed by atoms with E-state index in [-0.39, 0.29) is 11.6 Å². The molecule has 0 fully saturated rings. The third-order valence-electron chi connectivity index (χ3n) is 2.23. The number of halogens is 4. The fourth-order valence-corrected chi connectivity index (χ4v) is 1.51. The van der Waals surface area contributed by atoms with E-state index in [2.05, 4.69) is 10.1 Å². The Morgan fingerprint density at radius 1 is 1.53 bits per heavy atom. The second-order valence-electron chi connectivity index (χ2n) is 3.74. The first-order valence-corrected chi connectivity index (χ1v) is 5.55. The molecule has 1 amide bonds. The zero-order chi connectivity index (χ0) is 14.6. The molecule has 4 nitrogen and oxygen atoms in total. The van der Waals surface area contributed by atoms with Crippen LogP contribution in [0.25, 0.3) is 0 Å². The number of hydrogen-bond donors (Lipinski definition) is 2. The van der Waals surface area contributed by atoms with Crippen LogP contribution in [0.4, 0.5) is 18.9 Å². The summed E-state index contributed by atoms with van der Waals surface area (Å²) in [4.78, 5) is 11.6. The first-order chi connectivity index (χ1) is 8.75. The summed E-state index contributed by atoms with van der Waals surface area (Å²) in [7, 11) is 1.33. The molecule has 3 N–H and O–H groups in total. The summed E-state index contributed by atoms with van der Waals surface area (Å²) >= 11 is 5.51. The van der Waals surface area contributed by atoms with Gasteiger partial charge in [-0.3, -0.25) is 4.79 Å². The maximum absolute atomic E-state index is 12.8. The molecular formula is C11H12ClF3N2O2. The summed E-state index contributed by atoms with van der Waals surface area (Å²) in [6.45, 7) is -0.0965. The molecule has 0 spiro atoms. The minimum Gasteiger partial charge on any atom is -0.383 e.